The smallest absolute Gasteiger partial charge is 0.332 e. The third-order valence-corrected chi connectivity index (χ3v) is 4.77. The fraction of sp³-hybridized carbons (Fsp3) is 0.316. The summed E-state index contributed by atoms with van der Waals surface area (Å²) >= 11 is 0. The maximum Gasteiger partial charge on any atom is 0.332 e. The molecule has 0 saturated carbocycles. The molecule has 6 nitrogen and oxygen atoms in total. The van der Waals surface area contributed by atoms with Crippen LogP contribution in [0.2, 0.25) is 0 Å². The van der Waals surface area contributed by atoms with Gasteiger partial charge >= 0.3 is 11.9 Å². The zero-order chi connectivity index (χ0) is 17.8. The second kappa shape index (κ2) is 5.05. The van der Waals surface area contributed by atoms with Crippen LogP contribution in [0.3, 0.4) is 0 Å². The van der Waals surface area contributed by atoms with Gasteiger partial charge in [0, 0.05) is 31.6 Å². The van der Waals surface area contributed by atoms with Crippen molar-refractivity contribution in [2.45, 2.75) is 38.0 Å². The summed E-state index contributed by atoms with van der Waals surface area (Å²) < 4.78 is 12.3. The van der Waals surface area contributed by atoms with Crippen molar-refractivity contribution in [3.8, 4) is 0 Å². The Morgan fingerprint density at radius 2 is 1.64 bits per heavy atom. The minimum Gasteiger partial charge on any atom is -0.422 e. The van der Waals surface area contributed by atoms with E-state index in [0.717, 1.165) is 0 Å². The standard InChI is InChI=1S/C19H17NO5/c1-18(2)24-16(22)19(17(23)25-18)10-11-20-13(8-9-14(19)20)15(21)12-6-4-3-5-7-12/h3-9H,10-11H2,1-2H3. The summed E-state index contributed by atoms with van der Waals surface area (Å²) in [5.41, 5.74) is -0.0230. The van der Waals surface area contributed by atoms with Gasteiger partial charge in [0.25, 0.3) is 5.79 Å². The van der Waals surface area contributed by atoms with E-state index >= 15 is 0 Å². The Hall–Kier alpha value is -2.89. The first kappa shape index (κ1) is 15.6. The quantitative estimate of drug-likeness (QED) is 0.476. The molecular formula is C19H17NO5. The molecule has 2 aliphatic heterocycles. The van der Waals surface area contributed by atoms with Crippen LogP contribution in [0.5, 0.6) is 0 Å². The molecule has 25 heavy (non-hydrogen) atoms. The van der Waals surface area contributed by atoms with Gasteiger partial charge in [-0.25, -0.2) is 0 Å². The number of cyclic esters (lactones) is 2. The Kier molecular flexibility index (Phi) is 3.16. The van der Waals surface area contributed by atoms with Crippen molar-refractivity contribution in [1.82, 2.24) is 4.57 Å². The molecule has 4 rings (SSSR count). The maximum atomic E-state index is 12.8. The number of rotatable bonds is 2. The number of esters is 2. The third-order valence-electron chi connectivity index (χ3n) is 4.77. The van der Waals surface area contributed by atoms with Crippen LogP contribution in [0.25, 0.3) is 0 Å². The van der Waals surface area contributed by atoms with Crippen molar-refractivity contribution in [3.63, 3.8) is 0 Å². The number of hydrogen-bond donors (Lipinski definition) is 0. The average Bonchev–Trinajstić information content (AvgIpc) is 3.13. The summed E-state index contributed by atoms with van der Waals surface area (Å²) in [5, 5.41) is 0. The molecule has 0 atom stereocenters. The number of carbonyl (C=O) groups is 3. The SMILES string of the molecule is CC1(C)OC(=O)C2(CCn3c(C(=O)c4ccccc4)ccc32)C(=O)O1. The van der Waals surface area contributed by atoms with Crippen LogP contribution in [0.15, 0.2) is 42.5 Å². The van der Waals surface area contributed by atoms with Gasteiger partial charge in [0.1, 0.15) is 0 Å². The third kappa shape index (κ3) is 2.13. The summed E-state index contributed by atoms with van der Waals surface area (Å²) in [6.45, 7) is 3.42. The highest BCUT2D eigenvalue weighted by atomic mass is 16.7. The molecule has 0 bridgehead atoms. The van der Waals surface area contributed by atoms with Crippen molar-refractivity contribution >= 4 is 17.7 Å². The molecule has 3 heterocycles. The Morgan fingerprint density at radius 3 is 2.28 bits per heavy atom. The number of aromatic nitrogens is 1. The van der Waals surface area contributed by atoms with E-state index in [9.17, 15) is 14.4 Å². The molecule has 1 saturated heterocycles. The van der Waals surface area contributed by atoms with E-state index in [4.69, 9.17) is 9.47 Å². The fourth-order valence-electron chi connectivity index (χ4n) is 3.56. The number of ether oxygens (including phenoxy) is 2. The number of benzene rings is 1. The van der Waals surface area contributed by atoms with Crippen molar-refractivity contribution in [1.29, 1.82) is 0 Å². The molecule has 0 unspecified atom stereocenters. The van der Waals surface area contributed by atoms with Crippen LogP contribution in [0.1, 0.15) is 42.0 Å². The fourth-order valence-corrected chi connectivity index (χ4v) is 3.56. The van der Waals surface area contributed by atoms with Crippen molar-refractivity contribution in [3.05, 3.63) is 59.4 Å². The van der Waals surface area contributed by atoms with E-state index in [0.29, 0.717) is 23.5 Å². The summed E-state index contributed by atoms with van der Waals surface area (Å²) in [6.07, 6.45) is 0.228. The highest BCUT2D eigenvalue weighted by Crippen LogP contribution is 2.43. The molecule has 2 aliphatic rings. The van der Waals surface area contributed by atoms with Crippen LogP contribution in [-0.2, 0) is 31.0 Å². The predicted octanol–water partition coefficient (Wildman–Crippen LogP) is 2.20. The van der Waals surface area contributed by atoms with E-state index in [1.807, 2.05) is 6.07 Å². The van der Waals surface area contributed by atoms with Crippen LogP contribution in [0.4, 0.5) is 0 Å². The summed E-state index contributed by atoms with van der Waals surface area (Å²) in [6, 6.07) is 12.2. The van der Waals surface area contributed by atoms with Gasteiger partial charge in [-0.1, -0.05) is 30.3 Å². The molecule has 0 radical (unpaired) electrons. The number of fused-ring (bicyclic) bond motifs is 2. The van der Waals surface area contributed by atoms with Gasteiger partial charge in [0.2, 0.25) is 11.2 Å². The molecule has 1 spiro atoms. The Bertz CT molecular complexity index is 874. The monoisotopic (exact) mass is 339 g/mol. The lowest BCUT2D eigenvalue weighted by molar-refractivity contribution is -0.243. The molecule has 1 fully saturated rings. The predicted molar refractivity (Wildman–Crippen MR) is 86.9 cm³/mol. The number of ketones is 1. The molecule has 0 N–H and O–H groups in total. The largest absolute Gasteiger partial charge is 0.422 e. The normalized spacial score (nSPS) is 20.1. The molecule has 6 heteroatoms. The van der Waals surface area contributed by atoms with Gasteiger partial charge in [-0.05, 0) is 18.6 Å². The lowest BCUT2D eigenvalue weighted by Crippen LogP contribution is -2.55. The molecular weight excluding hydrogens is 322 g/mol. The molecule has 128 valence electrons. The van der Waals surface area contributed by atoms with E-state index in [1.165, 1.54) is 13.8 Å². The van der Waals surface area contributed by atoms with E-state index in [-0.39, 0.29) is 12.2 Å². The zero-order valence-corrected chi connectivity index (χ0v) is 13.9. The molecule has 0 amide bonds. The van der Waals surface area contributed by atoms with Gasteiger partial charge in [0.05, 0.1) is 5.69 Å². The Labute approximate surface area is 144 Å². The summed E-state index contributed by atoms with van der Waals surface area (Å²) in [4.78, 5) is 38.0. The van der Waals surface area contributed by atoms with E-state index < -0.39 is 23.1 Å². The highest BCUT2D eigenvalue weighted by molar-refractivity contribution is 6.10. The van der Waals surface area contributed by atoms with Crippen LogP contribution in [0, 0.1) is 0 Å². The topological polar surface area (TPSA) is 74.6 Å². The van der Waals surface area contributed by atoms with Gasteiger partial charge in [0.15, 0.2) is 0 Å². The van der Waals surface area contributed by atoms with Crippen molar-refractivity contribution in [2.75, 3.05) is 0 Å². The average molecular weight is 339 g/mol. The van der Waals surface area contributed by atoms with Crippen molar-refractivity contribution < 1.29 is 23.9 Å². The minimum absolute atomic E-state index is 0.151. The molecule has 1 aromatic heterocycles. The second-order valence-corrected chi connectivity index (χ2v) is 6.78. The van der Waals surface area contributed by atoms with Crippen LogP contribution >= 0.6 is 0 Å². The van der Waals surface area contributed by atoms with Gasteiger partial charge in [-0.3, -0.25) is 14.4 Å². The van der Waals surface area contributed by atoms with Gasteiger partial charge in [-0.15, -0.1) is 0 Å². The molecule has 1 aromatic carbocycles. The number of nitrogens with zero attached hydrogens (tertiary/aromatic N) is 1. The van der Waals surface area contributed by atoms with Gasteiger partial charge < -0.3 is 14.0 Å². The van der Waals surface area contributed by atoms with E-state index in [2.05, 4.69) is 0 Å². The summed E-state index contributed by atoms with van der Waals surface area (Å²) in [5.74, 6) is -2.67. The first-order valence-corrected chi connectivity index (χ1v) is 8.12. The second-order valence-electron chi connectivity index (χ2n) is 6.78. The van der Waals surface area contributed by atoms with Gasteiger partial charge in [-0.2, -0.15) is 0 Å². The number of hydrogen-bond acceptors (Lipinski definition) is 5. The first-order valence-electron chi connectivity index (χ1n) is 8.12. The minimum atomic E-state index is -1.48. The molecule has 2 aromatic rings. The number of carbonyl (C=O) groups excluding carboxylic acids is 3. The lowest BCUT2D eigenvalue weighted by atomic mass is 9.82. The zero-order valence-electron chi connectivity index (χ0n) is 13.9. The Morgan fingerprint density at radius 1 is 1.00 bits per heavy atom. The maximum absolute atomic E-state index is 12.8. The molecule has 0 aliphatic carbocycles. The summed E-state index contributed by atoms with van der Waals surface area (Å²) in [7, 11) is 0. The Balaban J connectivity index is 1.77. The van der Waals surface area contributed by atoms with Crippen molar-refractivity contribution in [2.24, 2.45) is 0 Å². The van der Waals surface area contributed by atoms with E-state index in [1.54, 1.807) is 41.0 Å². The lowest BCUT2D eigenvalue weighted by Gasteiger charge is -2.37. The first-order chi connectivity index (χ1) is 11.8. The van der Waals surface area contributed by atoms with Crippen LogP contribution < -0.4 is 0 Å². The van der Waals surface area contributed by atoms with Crippen LogP contribution in [-0.4, -0.2) is 28.1 Å². The highest BCUT2D eigenvalue weighted by Gasteiger charge is 2.61.